The molecule has 0 saturated carbocycles. The van der Waals surface area contributed by atoms with Gasteiger partial charge in [-0.15, -0.1) is 0 Å². The van der Waals surface area contributed by atoms with Gasteiger partial charge in [-0.2, -0.15) is 0 Å². The van der Waals surface area contributed by atoms with Gasteiger partial charge in [0.2, 0.25) is 0 Å². The Bertz CT molecular complexity index is 127. The predicted molar refractivity (Wildman–Crippen MR) is 47.3 cm³/mol. The van der Waals surface area contributed by atoms with Gasteiger partial charge in [0.15, 0.2) is 0 Å². The summed E-state index contributed by atoms with van der Waals surface area (Å²) >= 11 is 0.340. The van der Waals surface area contributed by atoms with E-state index in [2.05, 4.69) is 0 Å². The summed E-state index contributed by atoms with van der Waals surface area (Å²) in [6, 6.07) is 0. The van der Waals surface area contributed by atoms with Crippen molar-refractivity contribution in [2.24, 2.45) is 0 Å². The number of hydrogen-bond donors (Lipinski definition) is 0. The van der Waals surface area contributed by atoms with E-state index >= 15 is 0 Å². The summed E-state index contributed by atoms with van der Waals surface area (Å²) in [6.07, 6.45) is 1.07. The summed E-state index contributed by atoms with van der Waals surface area (Å²) in [7, 11) is 0. The van der Waals surface area contributed by atoms with Crippen molar-refractivity contribution in [3.05, 3.63) is 0 Å². The van der Waals surface area contributed by atoms with Crippen LogP contribution in [0.1, 0.15) is 12.8 Å². The molecule has 0 amide bonds. The molecule has 1 saturated heterocycles. The van der Waals surface area contributed by atoms with E-state index in [1.807, 2.05) is 18.6 Å². The van der Waals surface area contributed by atoms with Crippen LogP contribution >= 0.6 is 34.5 Å². The van der Waals surface area contributed by atoms with Crippen molar-refractivity contribution in [1.29, 1.82) is 0 Å². The maximum atomic E-state index is 10.6. The fourth-order valence-electron chi connectivity index (χ4n) is 0.480. The normalized spacial score (nSPS) is 24.9. The van der Waals surface area contributed by atoms with Crippen LogP contribution in [0, 0.1) is 0 Å². The molecule has 4 heteroatoms. The van der Waals surface area contributed by atoms with Crippen LogP contribution < -0.4 is 0 Å². The Balaban J connectivity index is 2.70. The van der Waals surface area contributed by atoms with Crippen molar-refractivity contribution in [3.8, 4) is 0 Å². The van der Waals surface area contributed by atoms with E-state index in [1.54, 1.807) is 0 Å². The van der Waals surface area contributed by atoms with Gasteiger partial charge in [0.25, 0.3) is 0 Å². The summed E-state index contributed by atoms with van der Waals surface area (Å²) in [5.41, 5.74) is 0. The summed E-state index contributed by atoms with van der Waals surface area (Å²) in [6.45, 7) is 0. The predicted octanol–water partition coefficient (Wildman–Crippen LogP) is 1.69. The zero-order chi connectivity index (χ0) is 6.15. The van der Waals surface area contributed by atoms with Crippen molar-refractivity contribution < 1.29 is 9.59 Å². The Morgan fingerprint density at radius 2 is 1.62 bits per heavy atom. The third-order valence-electron chi connectivity index (χ3n) is 0.888. The number of hydrogen-bond acceptors (Lipinski definition) is 2. The summed E-state index contributed by atoms with van der Waals surface area (Å²) < 4.78 is 0.500. The van der Waals surface area contributed by atoms with E-state index in [0.29, 0.717) is 12.8 Å². The van der Waals surface area contributed by atoms with E-state index in [1.165, 1.54) is 0 Å². The number of carbonyl (C=O) groups is 2. The van der Waals surface area contributed by atoms with Crippen LogP contribution in [0.2, 0.25) is 0 Å². The van der Waals surface area contributed by atoms with Crippen molar-refractivity contribution in [3.63, 3.8) is 0 Å². The minimum absolute atomic E-state index is 0.250. The van der Waals surface area contributed by atoms with Crippen molar-refractivity contribution in [2.75, 3.05) is 0 Å². The Hall–Kier alpha value is 0.800. The van der Waals surface area contributed by atoms with Gasteiger partial charge in [0, 0.05) is 0 Å². The fourth-order valence-corrected chi connectivity index (χ4v) is 5.37. The molecule has 1 aliphatic heterocycles. The van der Waals surface area contributed by atoms with Gasteiger partial charge in [0.05, 0.1) is 0 Å². The van der Waals surface area contributed by atoms with Gasteiger partial charge in [-0.3, -0.25) is 0 Å². The first-order chi connectivity index (χ1) is 3.72. The first kappa shape index (κ1) is 6.91. The molecule has 0 bridgehead atoms. The second kappa shape index (κ2) is 2.59. The molecule has 0 aromatic carbocycles. The van der Waals surface area contributed by atoms with Crippen molar-refractivity contribution in [1.82, 2.24) is 0 Å². The van der Waals surface area contributed by atoms with Gasteiger partial charge in [-0.25, -0.2) is 0 Å². The van der Waals surface area contributed by atoms with Crippen LogP contribution in [-0.2, 0) is 9.59 Å². The maximum absolute atomic E-state index is 10.6. The molecule has 1 fully saturated rings. The summed E-state index contributed by atoms with van der Waals surface area (Å²) in [5, 5.41) is 0. The summed E-state index contributed by atoms with van der Waals surface area (Å²) in [5.74, 6) is 0. The molecule has 0 aromatic rings. The van der Waals surface area contributed by atoms with Crippen LogP contribution in [0.25, 0.3) is 0 Å². The van der Waals surface area contributed by atoms with E-state index in [0.717, 1.165) is 0 Å². The molecule has 2 nitrogen and oxygen atoms in total. The van der Waals surface area contributed by atoms with Crippen LogP contribution in [0.4, 0.5) is 0 Å². The van der Waals surface area contributed by atoms with E-state index < -0.39 is 15.8 Å². The van der Waals surface area contributed by atoms with Crippen LogP contribution in [0.5, 0.6) is 0 Å². The Morgan fingerprint density at radius 1 is 1.25 bits per heavy atom. The molecular weight excluding hydrogens is 334 g/mol. The molecule has 1 heterocycles. The minimum atomic E-state index is -1.70. The first-order valence-corrected chi connectivity index (χ1v) is 10.6. The molecule has 0 aromatic heterocycles. The Morgan fingerprint density at radius 3 is 1.75 bits per heavy atom. The monoisotopic (exact) mass is 338 g/mol. The Kier molecular flexibility index (Phi) is 2.24. The van der Waals surface area contributed by atoms with Crippen LogP contribution in [0.3, 0.4) is 0 Å². The molecule has 1 aliphatic rings. The number of carbonyl (C=O) groups excluding carboxylic acids is 2. The van der Waals surface area contributed by atoms with E-state index in [-0.39, 0.29) is 7.58 Å². The molecule has 1 rings (SSSR count). The molecular formula is C4H4I2O2. The van der Waals surface area contributed by atoms with Gasteiger partial charge in [-0.05, 0) is 0 Å². The molecule has 8 heavy (non-hydrogen) atoms. The van der Waals surface area contributed by atoms with Crippen molar-refractivity contribution >= 4 is 42.0 Å². The molecule has 46 valence electrons. The average Bonchev–Trinajstić information content (AvgIpc) is 1.98. The van der Waals surface area contributed by atoms with Gasteiger partial charge in [-0.1, -0.05) is 0 Å². The molecule has 0 aliphatic carbocycles. The molecule has 0 unspecified atom stereocenters. The van der Waals surface area contributed by atoms with Gasteiger partial charge in [0.1, 0.15) is 0 Å². The number of halogens is 2. The zero-order valence-corrected chi connectivity index (χ0v) is 8.30. The zero-order valence-electron chi connectivity index (χ0n) is 3.99. The second-order valence-corrected chi connectivity index (χ2v) is 10.7. The Labute approximate surface area is 64.0 Å². The fraction of sp³-hybridized carbons (Fsp3) is 0.500. The second-order valence-electron chi connectivity index (χ2n) is 1.45. The van der Waals surface area contributed by atoms with Crippen molar-refractivity contribution in [2.45, 2.75) is 12.8 Å². The first-order valence-electron chi connectivity index (χ1n) is 2.14. The van der Waals surface area contributed by atoms with Gasteiger partial charge < -0.3 is 0 Å². The standard InChI is InChI=1S/C4H4I2O2/c5-6-3(7)1-2-4(6)8/h1-2H2. The number of rotatable bonds is 0. The molecule has 0 radical (unpaired) electrons. The third kappa shape index (κ3) is 1.20. The van der Waals surface area contributed by atoms with Crippen LogP contribution in [0.15, 0.2) is 0 Å². The quantitative estimate of drug-likeness (QED) is 0.498. The third-order valence-corrected chi connectivity index (χ3v) is 10.2. The topological polar surface area (TPSA) is 34.1 Å². The average molecular weight is 338 g/mol. The van der Waals surface area contributed by atoms with E-state index in [9.17, 15) is 9.59 Å². The van der Waals surface area contributed by atoms with Crippen LogP contribution in [-0.4, -0.2) is 7.58 Å². The summed E-state index contributed by atoms with van der Waals surface area (Å²) in [4.78, 5) is 21.3. The van der Waals surface area contributed by atoms with Gasteiger partial charge >= 0.3 is 64.5 Å². The SMILES string of the molecule is O=C1CCC(=O)I1I. The molecule has 0 atom stereocenters. The molecule has 0 spiro atoms. The molecule has 0 N–H and O–H groups in total. The van der Waals surface area contributed by atoms with E-state index in [4.69, 9.17) is 0 Å².